The summed E-state index contributed by atoms with van der Waals surface area (Å²) in [4.78, 5) is 12.9. The summed E-state index contributed by atoms with van der Waals surface area (Å²) >= 11 is 12.0. The van der Waals surface area contributed by atoms with E-state index in [1.54, 1.807) is 18.2 Å². The van der Waals surface area contributed by atoms with E-state index in [2.05, 4.69) is 31.2 Å². The number of para-hydroxylation sites is 2. The third kappa shape index (κ3) is 3.86. The summed E-state index contributed by atoms with van der Waals surface area (Å²) < 4.78 is 3.87. The van der Waals surface area contributed by atoms with Crippen molar-refractivity contribution < 1.29 is 9.36 Å². The van der Waals surface area contributed by atoms with Gasteiger partial charge in [-0.15, -0.1) is 0 Å². The van der Waals surface area contributed by atoms with Gasteiger partial charge in [0.1, 0.15) is 17.6 Å². The number of nitrogens with two attached hydrogens (primary N) is 1. The molecule has 0 atom stereocenters. The van der Waals surface area contributed by atoms with Crippen LogP contribution < -0.4 is 10.3 Å². The molecule has 4 rings (SSSR count). The van der Waals surface area contributed by atoms with Crippen molar-refractivity contribution in [1.29, 1.82) is 0 Å². The maximum absolute atomic E-state index is 12.9. The summed E-state index contributed by atoms with van der Waals surface area (Å²) in [6.45, 7) is 2.80. The molecule has 0 aliphatic rings. The van der Waals surface area contributed by atoms with Crippen LogP contribution in [-0.2, 0) is 13.1 Å². The third-order valence-electron chi connectivity index (χ3n) is 5.02. The van der Waals surface area contributed by atoms with Gasteiger partial charge in [0.25, 0.3) is 0 Å². The van der Waals surface area contributed by atoms with Gasteiger partial charge in [-0.2, -0.15) is 0 Å². The van der Waals surface area contributed by atoms with E-state index in [9.17, 15) is 4.79 Å². The Morgan fingerprint density at radius 1 is 1.00 bits per heavy atom. The normalized spacial score (nSPS) is 11.1. The molecule has 0 aliphatic carbocycles. The molecule has 0 amide bonds. The highest BCUT2D eigenvalue weighted by Crippen LogP contribution is 2.24. The van der Waals surface area contributed by atoms with Crippen molar-refractivity contribution in [3.63, 3.8) is 0 Å². The summed E-state index contributed by atoms with van der Waals surface area (Å²) in [5.74, 6) is 0.443. The number of nitrogen functional groups attached to an aromatic ring is 1. The molecule has 146 valence electrons. The number of imidazole rings is 1. The molecule has 0 radical (unpaired) electrons. The Balaban J connectivity index is 1.72. The van der Waals surface area contributed by atoms with Gasteiger partial charge in [-0.1, -0.05) is 65.2 Å². The SMILES string of the molecule is Cc1ccc(C[n+]2c(N)n(CC(=O)c3ccc(Cl)c(Cl)c3)c3ccccc32)cc1. The second kappa shape index (κ2) is 7.90. The molecule has 0 saturated heterocycles. The minimum atomic E-state index is -0.0847. The number of aromatic nitrogens is 2. The Bertz CT molecular complexity index is 1210. The van der Waals surface area contributed by atoms with Gasteiger partial charge in [-0.25, -0.2) is 9.13 Å². The van der Waals surface area contributed by atoms with E-state index in [1.165, 1.54) is 5.56 Å². The summed E-state index contributed by atoms with van der Waals surface area (Å²) in [5, 5.41) is 0.780. The number of hydrogen-bond donors (Lipinski definition) is 1. The summed E-state index contributed by atoms with van der Waals surface area (Å²) in [6.07, 6.45) is 0. The van der Waals surface area contributed by atoms with E-state index < -0.39 is 0 Å². The van der Waals surface area contributed by atoms with E-state index in [1.807, 2.05) is 33.4 Å². The zero-order chi connectivity index (χ0) is 20.5. The van der Waals surface area contributed by atoms with E-state index in [-0.39, 0.29) is 12.3 Å². The van der Waals surface area contributed by atoms with E-state index in [0.29, 0.717) is 28.1 Å². The van der Waals surface area contributed by atoms with Crippen molar-refractivity contribution in [3.8, 4) is 0 Å². The van der Waals surface area contributed by atoms with E-state index in [4.69, 9.17) is 28.9 Å². The maximum Gasteiger partial charge on any atom is 0.356 e. The average Bonchev–Trinajstić information content (AvgIpc) is 2.97. The average molecular weight is 425 g/mol. The lowest BCUT2D eigenvalue weighted by Gasteiger charge is -2.04. The number of nitrogens with zero attached hydrogens (tertiary/aromatic N) is 2. The molecule has 0 fully saturated rings. The van der Waals surface area contributed by atoms with Gasteiger partial charge in [0.15, 0.2) is 5.78 Å². The molecule has 0 aliphatic heterocycles. The summed E-state index contributed by atoms with van der Waals surface area (Å²) in [7, 11) is 0. The van der Waals surface area contributed by atoms with Gasteiger partial charge in [0.05, 0.1) is 16.6 Å². The smallest absolute Gasteiger partial charge is 0.291 e. The number of carbonyl (C=O) groups excluding carboxylic acids is 1. The molecular formula is C23H20Cl2N3O+. The fourth-order valence-corrected chi connectivity index (χ4v) is 3.72. The lowest BCUT2D eigenvalue weighted by molar-refractivity contribution is -0.648. The topological polar surface area (TPSA) is 51.9 Å². The number of anilines is 1. The summed E-state index contributed by atoms with van der Waals surface area (Å²) in [6, 6.07) is 21.1. The van der Waals surface area contributed by atoms with Gasteiger partial charge >= 0.3 is 5.95 Å². The summed E-state index contributed by atoms with van der Waals surface area (Å²) in [5.41, 5.74) is 11.2. The molecule has 2 N–H and O–H groups in total. The molecule has 29 heavy (non-hydrogen) atoms. The second-order valence-corrected chi connectivity index (χ2v) is 7.87. The quantitative estimate of drug-likeness (QED) is 0.359. The molecule has 3 aromatic carbocycles. The first kappa shape index (κ1) is 19.5. The number of benzene rings is 3. The van der Waals surface area contributed by atoms with Crippen molar-refractivity contribution >= 4 is 46.0 Å². The molecular weight excluding hydrogens is 405 g/mol. The van der Waals surface area contributed by atoms with Gasteiger partial charge in [0.2, 0.25) is 0 Å². The van der Waals surface area contributed by atoms with Gasteiger partial charge in [-0.05, 0) is 42.8 Å². The van der Waals surface area contributed by atoms with Gasteiger partial charge in [-0.3, -0.25) is 10.5 Å². The zero-order valence-electron chi connectivity index (χ0n) is 15.9. The molecule has 0 unspecified atom stereocenters. The lowest BCUT2D eigenvalue weighted by atomic mass is 10.1. The standard InChI is InChI=1S/C23H19Cl2N3O/c1-15-6-8-16(9-7-15)13-27-20-4-2-3-5-21(20)28(23(27)26)14-22(29)17-10-11-18(24)19(25)12-17/h2-12,26H,13-14H2,1H3/p+1. The number of Topliss-reactive ketones (excluding diaryl/α,β-unsaturated/α-hetero) is 1. The zero-order valence-corrected chi connectivity index (χ0v) is 17.4. The Hall–Kier alpha value is -2.82. The van der Waals surface area contributed by atoms with Crippen molar-refractivity contribution in [2.75, 3.05) is 5.73 Å². The first-order chi connectivity index (χ1) is 13.9. The van der Waals surface area contributed by atoms with Crippen LogP contribution >= 0.6 is 23.2 Å². The predicted octanol–water partition coefficient (Wildman–Crippen LogP) is 5.06. The van der Waals surface area contributed by atoms with Crippen LogP contribution in [0.25, 0.3) is 11.0 Å². The number of fused-ring (bicyclic) bond motifs is 1. The molecule has 6 heteroatoms. The Morgan fingerprint density at radius 3 is 2.45 bits per heavy atom. The van der Waals surface area contributed by atoms with Crippen LogP contribution in [0, 0.1) is 6.92 Å². The number of aryl methyl sites for hydroxylation is 1. The monoisotopic (exact) mass is 424 g/mol. The van der Waals surface area contributed by atoms with Crippen LogP contribution in [0.15, 0.2) is 66.7 Å². The molecule has 4 nitrogen and oxygen atoms in total. The van der Waals surface area contributed by atoms with Crippen LogP contribution in [0.2, 0.25) is 10.0 Å². The highest BCUT2D eigenvalue weighted by molar-refractivity contribution is 6.42. The van der Waals surface area contributed by atoms with Gasteiger partial charge in [0, 0.05) is 5.56 Å². The second-order valence-electron chi connectivity index (χ2n) is 7.06. The first-order valence-corrected chi connectivity index (χ1v) is 10.00. The Morgan fingerprint density at radius 2 is 1.72 bits per heavy atom. The fourth-order valence-electron chi connectivity index (χ4n) is 3.43. The highest BCUT2D eigenvalue weighted by Gasteiger charge is 2.23. The molecule has 1 aromatic heterocycles. The van der Waals surface area contributed by atoms with Crippen LogP contribution in [0.5, 0.6) is 0 Å². The molecule has 4 aromatic rings. The Kier molecular flexibility index (Phi) is 5.31. The van der Waals surface area contributed by atoms with Gasteiger partial charge < -0.3 is 0 Å². The van der Waals surface area contributed by atoms with Crippen LogP contribution in [0.1, 0.15) is 21.5 Å². The fraction of sp³-hybridized carbons (Fsp3) is 0.130. The van der Waals surface area contributed by atoms with Crippen LogP contribution in [0.4, 0.5) is 5.95 Å². The van der Waals surface area contributed by atoms with E-state index >= 15 is 0 Å². The molecule has 1 heterocycles. The van der Waals surface area contributed by atoms with Crippen molar-refractivity contribution in [3.05, 3.63) is 93.5 Å². The van der Waals surface area contributed by atoms with Crippen molar-refractivity contribution in [1.82, 2.24) is 4.57 Å². The number of rotatable bonds is 5. The highest BCUT2D eigenvalue weighted by atomic mass is 35.5. The minimum absolute atomic E-state index is 0.0847. The Labute approximate surface area is 179 Å². The van der Waals surface area contributed by atoms with Crippen molar-refractivity contribution in [2.24, 2.45) is 0 Å². The van der Waals surface area contributed by atoms with E-state index in [0.717, 1.165) is 16.6 Å². The third-order valence-corrected chi connectivity index (χ3v) is 5.76. The predicted molar refractivity (Wildman–Crippen MR) is 118 cm³/mol. The minimum Gasteiger partial charge on any atom is -0.291 e. The van der Waals surface area contributed by atoms with Crippen molar-refractivity contribution in [2.45, 2.75) is 20.0 Å². The number of carbonyl (C=O) groups is 1. The lowest BCUT2D eigenvalue weighted by Crippen LogP contribution is -2.37. The number of ketones is 1. The number of halogens is 2. The number of hydrogen-bond acceptors (Lipinski definition) is 2. The van der Waals surface area contributed by atoms with Crippen LogP contribution in [-0.4, -0.2) is 10.4 Å². The maximum atomic E-state index is 12.9. The largest absolute Gasteiger partial charge is 0.356 e. The molecule has 0 saturated carbocycles. The molecule has 0 bridgehead atoms. The molecule has 0 spiro atoms. The van der Waals surface area contributed by atoms with Crippen LogP contribution in [0.3, 0.4) is 0 Å². The first-order valence-electron chi connectivity index (χ1n) is 9.24.